The molecule has 1 aromatic heterocycles. The van der Waals surface area contributed by atoms with Gasteiger partial charge in [0.15, 0.2) is 0 Å². The quantitative estimate of drug-likeness (QED) is 0.313. The zero-order valence-corrected chi connectivity index (χ0v) is 19.9. The van der Waals surface area contributed by atoms with Gasteiger partial charge < -0.3 is 10.1 Å². The van der Waals surface area contributed by atoms with Crippen molar-refractivity contribution in [1.82, 2.24) is 15.1 Å². The first-order valence-corrected chi connectivity index (χ1v) is 11.4. The van der Waals surface area contributed by atoms with E-state index in [9.17, 15) is 9.18 Å². The number of amides is 1. The Morgan fingerprint density at radius 2 is 1.74 bits per heavy atom. The van der Waals surface area contributed by atoms with E-state index >= 15 is 0 Å². The second-order valence-electron chi connectivity index (χ2n) is 7.66. The van der Waals surface area contributed by atoms with E-state index in [1.807, 2.05) is 36.4 Å². The fourth-order valence-electron chi connectivity index (χ4n) is 3.48. The van der Waals surface area contributed by atoms with Gasteiger partial charge in [0.05, 0.1) is 34.2 Å². The Morgan fingerprint density at radius 1 is 1.00 bits per heavy atom. The molecule has 5 nitrogen and oxygen atoms in total. The summed E-state index contributed by atoms with van der Waals surface area (Å²) in [7, 11) is 1.61. The lowest BCUT2D eigenvalue weighted by molar-refractivity contribution is -0.121. The Labute approximate surface area is 207 Å². The van der Waals surface area contributed by atoms with Crippen LogP contribution in [0.2, 0.25) is 10.0 Å². The summed E-state index contributed by atoms with van der Waals surface area (Å²) in [6, 6.07) is 20.9. The Bertz CT molecular complexity index is 1290. The molecule has 8 heteroatoms. The maximum absolute atomic E-state index is 13.5. The van der Waals surface area contributed by atoms with Gasteiger partial charge in [-0.15, -0.1) is 0 Å². The number of ether oxygens (including phenoxy) is 1. The number of halogens is 3. The number of methoxy groups -OCH3 is 1. The van der Waals surface area contributed by atoms with Gasteiger partial charge in [0.25, 0.3) is 0 Å². The third-order valence-corrected chi connectivity index (χ3v) is 6.04. The summed E-state index contributed by atoms with van der Waals surface area (Å²) in [4.78, 5) is 12.4. The summed E-state index contributed by atoms with van der Waals surface area (Å²) in [5.74, 6) is 0.324. The molecule has 4 rings (SSSR count). The molecule has 0 saturated heterocycles. The summed E-state index contributed by atoms with van der Waals surface area (Å²) >= 11 is 12.0. The molecule has 4 aromatic rings. The molecule has 0 fully saturated rings. The van der Waals surface area contributed by atoms with Crippen molar-refractivity contribution in [3.8, 4) is 22.7 Å². The van der Waals surface area contributed by atoms with E-state index in [1.165, 1.54) is 12.1 Å². The molecule has 1 heterocycles. The molecule has 1 amide bonds. The molecule has 174 valence electrons. The predicted octanol–water partition coefficient (Wildman–Crippen LogP) is 6.24. The minimum Gasteiger partial charge on any atom is -0.497 e. The number of rotatable bonds is 8. The fraction of sp³-hybridized carbons (Fsp3) is 0.154. The molecule has 3 aromatic carbocycles. The van der Waals surface area contributed by atoms with Crippen molar-refractivity contribution in [2.24, 2.45) is 0 Å². The van der Waals surface area contributed by atoms with Gasteiger partial charge in [-0.25, -0.2) is 9.07 Å². The Balaban J connectivity index is 1.49. The molecule has 0 unspecified atom stereocenters. The number of aryl methyl sites for hydroxylation is 1. The predicted molar refractivity (Wildman–Crippen MR) is 132 cm³/mol. The highest BCUT2D eigenvalue weighted by atomic mass is 35.5. The first-order chi connectivity index (χ1) is 16.4. The van der Waals surface area contributed by atoms with Crippen molar-refractivity contribution in [2.45, 2.75) is 19.4 Å². The average molecular weight is 498 g/mol. The highest BCUT2D eigenvalue weighted by Crippen LogP contribution is 2.26. The van der Waals surface area contributed by atoms with E-state index in [4.69, 9.17) is 33.0 Å². The van der Waals surface area contributed by atoms with Gasteiger partial charge in [0.1, 0.15) is 11.6 Å². The lowest BCUT2D eigenvalue weighted by Crippen LogP contribution is -2.23. The minimum absolute atomic E-state index is 0.103. The second kappa shape index (κ2) is 10.7. The SMILES string of the molecule is COc1ccc(-n2nc(CCC(=O)NCc3ccc(Cl)c(Cl)c3)cc2-c2ccc(F)cc2)cc1. The van der Waals surface area contributed by atoms with Crippen LogP contribution in [0.25, 0.3) is 16.9 Å². The first-order valence-electron chi connectivity index (χ1n) is 10.6. The van der Waals surface area contributed by atoms with E-state index < -0.39 is 0 Å². The van der Waals surface area contributed by atoms with Crippen LogP contribution in [0.1, 0.15) is 17.7 Å². The fourth-order valence-corrected chi connectivity index (χ4v) is 3.80. The zero-order chi connectivity index (χ0) is 24.1. The van der Waals surface area contributed by atoms with E-state index in [0.29, 0.717) is 23.0 Å². The molecule has 34 heavy (non-hydrogen) atoms. The normalized spacial score (nSPS) is 10.8. The molecule has 0 aliphatic rings. The van der Waals surface area contributed by atoms with Crippen LogP contribution in [-0.4, -0.2) is 22.8 Å². The van der Waals surface area contributed by atoms with Crippen molar-refractivity contribution in [3.05, 3.63) is 99.9 Å². The molecule has 0 atom stereocenters. The maximum atomic E-state index is 13.5. The van der Waals surface area contributed by atoms with Crippen LogP contribution < -0.4 is 10.1 Å². The molecule has 0 aliphatic carbocycles. The van der Waals surface area contributed by atoms with Crippen molar-refractivity contribution < 1.29 is 13.9 Å². The molecular weight excluding hydrogens is 476 g/mol. The number of carbonyl (C=O) groups excluding carboxylic acids is 1. The average Bonchev–Trinajstić information content (AvgIpc) is 3.28. The second-order valence-corrected chi connectivity index (χ2v) is 8.48. The van der Waals surface area contributed by atoms with Gasteiger partial charge in [-0.2, -0.15) is 5.10 Å². The molecule has 0 aliphatic heterocycles. The highest BCUT2D eigenvalue weighted by Gasteiger charge is 2.14. The van der Waals surface area contributed by atoms with Crippen LogP contribution in [0.5, 0.6) is 5.75 Å². The number of nitrogens with one attached hydrogen (secondary N) is 1. The summed E-state index contributed by atoms with van der Waals surface area (Å²) in [5, 5.41) is 8.53. The monoisotopic (exact) mass is 497 g/mol. The van der Waals surface area contributed by atoms with Crippen LogP contribution >= 0.6 is 23.2 Å². The highest BCUT2D eigenvalue weighted by molar-refractivity contribution is 6.42. The van der Waals surface area contributed by atoms with E-state index in [0.717, 1.165) is 34.0 Å². The van der Waals surface area contributed by atoms with E-state index in [2.05, 4.69) is 5.32 Å². The number of hydrogen-bond acceptors (Lipinski definition) is 3. The third-order valence-electron chi connectivity index (χ3n) is 5.30. The molecule has 1 N–H and O–H groups in total. The van der Waals surface area contributed by atoms with Crippen LogP contribution in [0.4, 0.5) is 4.39 Å². The Morgan fingerprint density at radius 3 is 2.41 bits per heavy atom. The summed E-state index contributed by atoms with van der Waals surface area (Å²) in [6.45, 7) is 0.358. The largest absolute Gasteiger partial charge is 0.497 e. The molecule has 0 radical (unpaired) electrons. The van der Waals surface area contributed by atoms with Crippen molar-refractivity contribution >= 4 is 29.1 Å². The van der Waals surface area contributed by atoms with Gasteiger partial charge in [-0.3, -0.25) is 4.79 Å². The zero-order valence-electron chi connectivity index (χ0n) is 18.4. The number of hydrogen-bond donors (Lipinski definition) is 1. The first kappa shape index (κ1) is 23.8. The number of aromatic nitrogens is 2. The Hall–Kier alpha value is -3.35. The number of nitrogens with zero attached hydrogens (tertiary/aromatic N) is 2. The van der Waals surface area contributed by atoms with Crippen molar-refractivity contribution in [3.63, 3.8) is 0 Å². The van der Waals surface area contributed by atoms with Crippen LogP contribution in [0.15, 0.2) is 72.8 Å². The van der Waals surface area contributed by atoms with Crippen molar-refractivity contribution in [1.29, 1.82) is 0 Å². The number of carbonyl (C=O) groups is 1. The van der Waals surface area contributed by atoms with E-state index in [-0.39, 0.29) is 18.1 Å². The summed E-state index contributed by atoms with van der Waals surface area (Å²) < 4.78 is 20.5. The van der Waals surface area contributed by atoms with Gasteiger partial charge in [-0.05, 0) is 72.3 Å². The van der Waals surface area contributed by atoms with Crippen molar-refractivity contribution in [2.75, 3.05) is 7.11 Å². The lowest BCUT2D eigenvalue weighted by atomic mass is 10.1. The lowest BCUT2D eigenvalue weighted by Gasteiger charge is -2.08. The van der Waals surface area contributed by atoms with Gasteiger partial charge in [0, 0.05) is 24.9 Å². The number of benzene rings is 3. The maximum Gasteiger partial charge on any atom is 0.220 e. The molecule has 0 saturated carbocycles. The molecular formula is C26H22Cl2FN3O2. The molecule has 0 bridgehead atoms. The topological polar surface area (TPSA) is 56.2 Å². The van der Waals surface area contributed by atoms with Gasteiger partial charge in [0.2, 0.25) is 5.91 Å². The molecule has 0 spiro atoms. The van der Waals surface area contributed by atoms with Crippen LogP contribution in [-0.2, 0) is 17.8 Å². The third kappa shape index (κ3) is 5.76. The van der Waals surface area contributed by atoms with Gasteiger partial charge >= 0.3 is 0 Å². The van der Waals surface area contributed by atoms with Gasteiger partial charge in [-0.1, -0.05) is 29.3 Å². The standard InChI is InChI=1S/C26H22Cl2FN3O2/c1-34-22-10-8-21(9-11-22)32-25(18-3-5-19(29)6-4-18)15-20(31-32)7-13-26(33)30-16-17-2-12-23(27)24(28)14-17/h2-6,8-12,14-15H,7,13,16H2,1H3,(H,30,33). The Kier molecular flexibility index (Phi) is 7.50. The minimum atomic E-state index is -0.307. The van der Waals surface area contributed by atoms with E-state index in [1.54, 1.807) is 36.1 Å². The summed E-state index contributed by atoms with van der Waals surface area (Å²) in [6.07, 6.45) is 0.717. The van der Waals surface area contributed by atoms with Crippen LogP contribution in [0.3, 0.4) is 0 Å². The smallest absolute Gasteiger partial charge is 0.220 e. The van der Waals surface area contributed by atoms with Crippen LogP contribution in [0, 0.1) is 5.82 Å². The summed E-state index contributed by atoms with van der Waals surface area (Å²) in [5.41, 5.74) is 4.07.